The molecule has 2 aromatic rings. The van der Waals surface area contributed by atoms with Gasteiger partial charge in [0, 0.05) is 22.7 Å². The molecule has 0 saturated heterocycles. The number of hydrogen-bond donors (Lipinski definition) is 2. The van der Waals surface area contributed by atoms with Crippen molar-refractivity contribution in [2.45, 2.75) is 37.3 Å². The standard InChI is InChI=1S/C13H17NO4S2/c1-10(4-5-11-3-2-6-18-11)14-20(16,17)13-7-12(8-15)19-9-13/h2-3,6-7,9-10,14-15H,4-5,8H2,1H3. The van der Waals surface area contributed by atoms with Gasteiger partial charge in [0.15, 0.2) is 0 Å². The van der Waals surface area contributed by atoms with Gasteiger partial charge >= 0.3 is 0 Å². The van der Waals surface area contributed by atoms with E-state index < -0.39 is 10.0 Å². The molecule has 0 aliphatic carbocycles. The molecule has 20 heavy (non-hydrogen) atoms. The lowest BCUT2D eigenvalue weighted by Gasteiger charge is -2.12. The van der Waals surface area contributed by atoms with Crippen molar-refractivity contribution in [3.05, 3.63) is 40.5 Å². The first-order valence-electron chi connectivity index (χ1n) is 6.24. The normalized spacial score (nSPS) is 13.5. The van der Waals surface area contributed by atoms with Crippen LogP contribution in [0.4, 0.5) is 0 Å². The first-order valence-corrected chi connectivity index (χ1v) is 8.60. The van der Waals surface area contributed by atoms with Gasteiger partial charge in [-0.1, -0.05) is 0 Å². The molecule has 7 heteroatoms. The Bertz CT molecular complexity index is 631. The number of furan rings is 1. The zero-order chi connectivity index (χ0) is 14.6. The SMILES string of the molecule is CC(CCc1ccco1)NS(=O)(=O)c1csc(CO)c1. The molecule has 0 amide bonds. The molecule has 0 aliphatic rings. The summed E-state index contributed by atoms with van der Waals surface area (Å²) in [7, 11) is -3.52. The third-order valence-electron chi connectivity index (χ3n) is 2.86. The molecular weight excluding hydrogens is 298 g/mol. The number of hydrogen-bond acceptors (Lipinski definition) is 5. The lowest BCUT2D eigenvalue weighted by atomic mass is 10.2. The van der Waals surface area contributed by atoms with Crippen LogP contribution >= 0.6 is 11.3 Å². The smallest absolute Gasteiger partial charge is 0.241 e. The van der Waals surface area contributed by atoms with E-state index in [0.29, 0.717) is 17.7 Å². The summed E-state index contributed by atoms with van der Waals surface area (Å²) in [6.45, 7) is 1.67. The highest BCUT2D eigenvalue weighted by Crippen LogP contribution is 2.19. The Hall–Kier alpha value is -1.15. The largest absolute Gasteiger partial charge is 0.469 e. The highest BCUT2D eigenvalue weighted by molar-refractivity contribution is 7.89. The van der Waals surface area contributed by atoms with Gasteiger partial charge < -0.3 is 9.52 Å². The van der Waals surface area contributed by atoms with E-state index in [1.54, 1.807) is 6.26 Å². The maximum Gasteiger partial charge on any atom is 0.241 e. The van der Waals surface area contributed by atoms with E-state index in [9.17, 15) is 8.42 Å². The monoisotopic (exact) mass is 315 g/mol. The minimum absolute atomic E-state index is 0.145. The summed E-state index contributed by atoms with van der Waals surface area (Å²) >= 11 is 1.23. The summed E-state index contributed by atoms with van der Waals surface area (Å²) in [5.41, 5.74) is 0. The van der Waals surface area contributed by atoms with Crippen LogP contribution in [-0.2, 0) is 23.1 Å². The Labute approximate surface area is 122 Å². The molecule has 110 valence electrons. The first-order chi connectivity index (χ1) is 9.51. The van der Waals surface area contributed by atoms with Crippen LogP contribution in [0.2, 0.25) is 0 Å². The second-order valence-electron chi connectivity index (χ2n) is 4.55. The van der Waals surface area contributed by atoms with Gasteiger partial charge in [0.25, 0.3) is 0 Å². The first kappa shape index (κ1) is 15.2. The average molecular weight is 315 g/mol. The lowest BCUT2D eigenvalue weighted by molar-refractivity contribution is 0.285. The molecule has 5 nitrogen and oxygen atoms in total. The second kappa shape index (κ2) is 6.53. The zero-order valence-corrected chi connectivity index (χ0v) is 12.7. The van der Waals surface area contributed by atoms with Crippen molar-refractivity contribution in [1.29, 1.82) is 0 Å². The minimum atomic E-state index is -3.52. The van der Waals surface area contributed by atoms with Crippen LogP contribution in [-0.4, -0.2) is 19.6 Å². The number of aliphatic hydroxyl groups is 1. The summed E-state index contributed by atoms with van der Waals surface area (Å²) < 4.78 is 32.1. The number of aryl methyl sites for hydroxylation is 1. The van der Waals surface area contributed by atoms with Crippen molar-refractivity contribution in [2.24, 2.45) is 0 Å². The molecule has 1 atom stereocenters. The molecule has 2 N–H and O–H groups in total. The Morgan fingerprint density at radius 3 is 2.90 bits per heavy atom. The fraction of sp³-hybridized carbons (Fsp3) is 0.385. The molecule has 0 aromatic carbocycles. The van der Waals surface area contributed by atoms with Crippen molar-refractivity contribution in [1.82, 2.24) is 4.72 Å². The molecule has 0 spiro atoms. The molecular formula is C13H17NO4S2. The van der Waals surface area contributed by atoms with Crippen molar-refractivity contribution >= 4 is 21.4 Å². The lowest BCUT2D eigenvalue weighted by Crippen LogP contribution is -2.32. The van der Waals surface area contributed by atoms with E-state index in [-0.39, 0.29) is 17.5 Å². The van der Waals surface area contributed by atoms with Gasteiger partial charge in [0.1, 0.15) is 5.76 Å². The van der Waals surface area contributed by atoms with E-state index in [1.165, 1.54) is 22.8 Å². The fourth-order valence-electron chi connectivity index (χ4n) is 1.79. The van der Waals surface area contributed by atoms with Crippen LogP contribution in [0, 0.1) is 0 Å². The van der Waals surface area contributed by atoms with Gasteiger partial charge in [0.05, 0.1) is 17.8 Å². The second-order valence-corrected chi connectivity index (χ2v) is 7.26. The maximum atomic E-state index is 12.1. The van der Waals surface area contributed by atoms with E-state index in [1.807, 2.05) is 19.1 Å². The molecule has 1 unspecified atom stereocenters. The molecule has 0 saturated carbocycles. The quantitative estimate of drug-likeness (QED) is 0.820. The fourth-order valence-corrected chi connectivity index (χ4v) is 4.20. The molecule has 2 heterocycles. The van der Waals surface area contributed by atoms with Gasteiger partial charge in [-0.2, -0.15) is 0 Å². The van der Waals surface area contributed by atoms with Gasteiger partial charge in [-0.3, -0.25) is 0 Å². The van der Waals surface area contributed by atoms with Crippen LogP contribution in [0.15, 0.2) is 39.2 Å². The third kappa shape index (κ3) is 3.92. The van der Waals surface area contributed by atoms with Crippen LogP contribution < -0.4 is 4.72 Å². The summed E-state index contributed by atoms with van der Waals surface area (Å²) in [6.07, 6.45) is 2.94. The Morgan fingerprint density at radius 1 is 1.50 bits per heavy atom. The highest BCUT2D eigenvalue weighted by atomic mass is 32.2. The molecule has 0 bridgehead atoms. The van der Waals surface area contributed by atoms with Crippen LogP contribution in [0.5, 0.6) is 0 Å². The molecule has 2 rings (SSSR count). The average Bonchev–Trinajstić information content (AvgIpc) is 3.07. The van der Waals surface area contributed by atoms with E-state index >= 15 is 0 Å². The van der Waals surface area contributed by atoms with E-state index in [2.05, 4.69) is 4.72 Å². The van der Waals surface area contributed by atoms with E-state index in [4.69, 9.17) is 9.52 Å². The number of rotatable bonds is 7. The molecule has 0 radical (unpaired) electrons. The third-order valence-corrected chi connectivity index (χ3v) is 5.50. The number of thiophene rings is 1. The predicted molar refractivity (Wildman–Crippen MR) is 77.1 cm³/mol. The summed E-state index contributed by atoms with van der Waals surface area (Å²) in [5.74, 6) is 0.842. The van der Waals surface area contributed by atoms with Crippen molar-refractivity contribution in [3.63, 3.8) is 0 Å². The van der Waals surface area contributed by atoms with Gasteiger partial charge in [-0.15, -0.1) is 11.3 Å². The molecule has 2 aromatic heterocycles. The van der Waals surface area contributed by atoms with Gasteiger partial charge in [-0.25, -0.2) is 13.1 Å². The van der Waals surface area contributed by atoms with Gasteiger partial charge in [0.2, 0.25) is 10.0 Å². The van der Waals surface area contributed by atoms with Crippen LogP contribution in [0.3, 0.4) is 0 Å². The Kier molecular flexibility index (Phi) is 4.98. The van der Waals surface area contributed by atoms with Crippen molar-refractivity contribution < 1.29 is 17.9 Å². The topological polar surface area (TPSA) is 79.5 Å². The Balaban J connectivity index is 1.93. The summed E-state index contributed by atoms with van der Waals surface area (Å²) in [4.78, 5) is 0.838. The van der Waals surface area contributed by atoms with E-state index in [0.717, 1.165) is 5.76 Å². The Morgan fingerprint density at radius 2 is 2.30 bits per heavy atom. The maximum absolute atomic E-state index is 12.1. The van der Waals surface area contributed by atoms with Crippen LogP contribution in [0.1, 0.15) is 24.0 Å². The number of sulfonamides is 1. The minimum Gasteiger partial charge on any atom is -0.469 e. The highest BCUT2D eigenvalue weighted by Gasteiger charge is 2.19. The van der Waals surface area contributed by atoms with Crippen molar-refractivity contribution in [3.8, 4) is 0 Å². The zero-order valence-electron chi connectivity index (χ0n) is 11.1. The number of aliphatic hydroxyl groups excluding tert-OH is 1. The predicted octanol–water partition coefficient (Wildman–Crippen LogP) is 2.13. The number of nitrogens with one attached hydrogen (secondary N) is 1. The van der Waals surface area contributed by atoms with Gasteiger partial charge in [-0.05, 0) is 31.5 Å². The molecule has 0 aliphatic heterocycles. The van der Waals surface area contributed by atoms with Crippen molar-refractivity contribution in [2.75, 3.05) is 0 Å². The summed E-state index contributed by atoms with van der Waals surface area (Å²) in [5, 5.41) is 10.5. The molecule has 0 fully saturated rings. The summed E-state index contributed by atoms with van der Waals surface area (Å²) in [6, 6.07) is 4.98. The van der Waals surface area contributed by atoms with Crippen LogP contribution in [0.25, 0.3) is 0 Å².